The summed E-state index contributed by atoms with van der Waals surface area (Å²) in [5.74, 6) is -1.11. The zero-order valence-electron chi connectivity index (χ0n) is 12.1. The van der Waals surface area contributed by atoms with Gasteiger partial charge in [0.1, 0.15) is 18.5 Å². The number of carbonyl (C=O) groups excluding carboxylic acids is 1. The van der Waals surface area contributed by atoms with E-state index in [4.69, 9.17) is 9.84 Å². The molecule has 23 heavy (non-hydrogen) atoms. The van der Waals surface area contributed by atoms with Crippen molar-refractivity contribution >= 4 is 12.0 Å². The number of phenolic OH excluding ortho intramolecular Hbond substituents is 3. The Morgan fingerprint density at radius 2 is 1.74 bits per heavy atom. The van der Waals surface area contributed by atoms with Crippen LogP contribution in [0, 0.1) is 0 Å². The molecule has 0 saturated heterocycles. The largest absolute Gasteiger partial charge is 0.508 e. The van der Waals surface area contributed by atoms with Gasteiger partial charge < -0.3 is 25.2 Å². The molecule has 0 aliphatic heterocycles. The summed E-state index contributed by atoms with van der Waals surface area (Å²) in [5.41, 5.74) is 1.03. The van der Waals surface area contributed by atoms with Gasteiger partial charge in [0.2, 0.25) is 0 Å². The number of aliphatic hydroxyl groups excluding tert-OH is 1. The van der Waals surface area contributed by atoms with Gasteiger partial charge in [0.25, 0.3) is 0 Å². The van der Waals surface area contributed by atoms with Gasteiger partial charge in [-0.05, 0) is 41.5 Å². The maximum absolute atomic E-state index is 11.6. The van der Waals surface area contributed by atoms with Gasteiger partial charge in [-0.3, -0.25) is 0 Å². The van der Waals surface area contributed by atoms with Gasteiger partial charge in [-0.2, -0.15) is 0 Å². The van der Waals surface area contributed by atoms with Crippen LogP contribution in [-0.4, -0.2) is 33.0 Å². The van der Waals surface area contributed by atoms with E-state index in [1.54, 1.807) is 0 Å². The van der Waals surface area contributed by atoms with E-state index in [1.807, 2.05) is 0 Å². The smallest absolute Gasteiger partial charge is 0.330 e. The summed E-state index contributed by atoms with van der Waals surface area (Å²) >= 11 is 0. The van der Waals surface area contributed by atoms with Crippen LogP contribution < -0.4 is 0 Å². The van der Waals surface area contributed by atoms with Crippen LogP contribution in [0.1, 0.15) is 17.2 Å². The molecule has 6 heteroatoms. The summed E-state index contributed by atoms with van der Waals surface area (Å²) < 4.78 is 4.91. The van der Waals surface area contributed by atoms with E-state index < -0.39 is 12.1 Å². The number of aliphatic hydroxyl groups is 1. The van der Waals surface area contributed by atoms with Crippen molar-refractivity contribution in [1.29, 1.82) is 0 Å². The van der Waals surface area contributed by atoms with Crippen molar-refractivity contribution < 1.29 is 30.0 Å². The molecule has 0 aromatic heterocycles. The van der Waals surface area contributed by atoms with E-state index in [0.717, 1.165) is 6.08 Å². The molecule has 0 aliphatic rings. The van der Waals surface area contributed by atoms with Crippen LogP contribution >= 0.6 is 0 Å². The van der Waals surface area contributed by atoms with Crippen LogP contribution in [0.3, 0.4) is 0 Å². The lowest BCUT2D eigenvalue weighted by molar-refractivity contribution is -0.140. The Kier molecular flexibility index (Phi) is 5.22. The van der Waals surface area contributed by atoms with Crippen LogP contribution in [0.4, 0.5) is 0 Å². The number of esters is 1. The summed E-state index contributed by atoms with van der Waals surface area (Å²) in [6, 6.07) is 10.0. The van der Waals surface area contributed by atoms with Crippen molar-refractivity contribution in [2.75, 3.05) is 6.61 Å². The molecule has 6 nitrogen and oxygen atoms in total. The zero-order valence-corrected chi connectivity index (χ0v) is 12.1. The molecule has 0 amide bonds. The van der Waals surface area contributed by atoms with E-state index in [-0.39, 0.29) is 23.9 Å². The summed E-state index contributed by atoms with van der Waals surface area (Å²) in [5, 5.41) is 37.5. The van der Waals surface area contributed by atoms with Crippen LogP contribution in [0.15, 0.2) is 48.5 Å². The van der Waals surface area contributed by atoms with Gasteiger partial charge in [0.05, 0.1) is 0 Å². The summed E-state index contributed by atoms with van der Waals surface area (Å²) in [6.45, 7) is -0.227. The Labute approximate surface area is 132 Å². The van der Waals surface area contributed by atoms with E-state index in [2.05, 4.69) is 0 Å². The number of hydrogen-bond donors (Lipinski definition) is 4. The van der Waals surface area contributed by atoms with Gasteiger partial charge in [0, 0.05) is 6.08 Å². The molecule has 2 aromatic rings. The standard InChI is InChI=1S/C17H16O6/c18-13-5-3-12(4-6-13)16(21)10-23-17(22)8-2-11-1-7-14(19)15(20)9-11/h1-9,16,18-21H,10H2/b8-2+. The quantitative estimate of drug-likeness (QED) is 0.382. The number of carbonyl (C=O) groups is 1. The average Bonchev–Trinajstić information content (AvgIpc) is 2.54. The second kappa shape index (κ2) is 7.33. The Balaban J connectivity index is 1.88. The predicted octanol–water partition coefficient (Wildman–Crippen LogP) is 2.09. The predicted molar refractivity (Wildman–Crippen MR) is 82.8 cm³/mol. The van der Waals surface area contributed by atoms with E-state index >= 15 is 0 Å². The first-order valence-electron chi connectivity index (χ1n) is 6.79. The van der Waals surface area contributed by atoms with Gasteiger partial charge >= 0.3 is 5.97 Å². The van der Waals surface area contributed by atoms with Crippen LogP contribution in [-0.2, 0) is 9.53 Å². The number of aromatic hydroxyl groups is 3. The van der Waals surface area contributed by atoms with Crippen molar-refractivity contribution in [3.05, 3.63) is 59.7 Å². The minimum Gasteiger partial charge on any atom is -0.508 e. The van der Waals surface area contributed by atoms with Crippen molar-refractivity contribution in [3.8, 4) is 17.2 Å². The monoisotopic (exact) mass is 316 g/mol. The van der Waals surface area contributed by atoms with Gasteiger partial charge in [-0.15, -0.1) is 0 Å². The minimum absolute atomic E-state index is 0.0815. The van der Waals surface area contributed by atoms with Crippen molar-refractivity contribution in [2.24, 2.45) is 0 Å². The normalized spacial score (nSPS) is 12.2. The topological polar surface area (TPSA) is 107 Å². The summed E-state index contributed by atoms with van der Waals surface area (Å²) in [7, 11) is 0. The van der Waals surface area contributed by atoms with Crippen molar-refractivity contribution in [2.45, 2.75) is 6.10 Å². The number of phenols is 3. The molecule has 0 saturated carbocycles. The van der Waals surface area contributed by atoms with E-state index in [1.165, 1.54) is 48.5 Å². The molecule has 0 heterocycles. The van der Waals surface area contributed by atoms with Crippen molar-refractivity contribution in [3.63, 3.8) is 0 Å². The molecule has 120 valence electrons. The fourth-order valence-corrected chi connectivity index (χ4v) is 1.81. The highest BCUT2D eigenvalue weighted by Crippen LogP contribution is 2.25. The molecule has 1 unspecified atom stereocenters. The third kappa shape index (κ3) is 4.76. The van der Waals surface area contributed by atoms with Crippen LogP contribution in [0.2, 0.25) is 0 Å². The first kappa shape index (κ1) is 16.4. The lowest BCUT2D eigenvalue weighted by Crippen LogP contribution is -2.10. The number of rotatable bonds is 5. The van der Waals surface area contributed by atoms with Gasteiger partial charge in [-0.25, -0.2) is 4.79 Å². The highest BCUT2D eigenvalue weighted by Gasteiger charge is 2.09. The Morgan fingerprint density at radius 1 is 1.04 bits per heavy atom. The van der Waals surface area contributed by atoms with E-state index in [0.29, 0.717) is 11.1 Å². The summed E-state index contributed by atoms with van der Waals surface area (Å²) in [4.78, 5) is 11.6. The maximum Gasteiger partial charge on any atom is 0.330 e. The Morgan fingerprint density at radius 3 is 2.39 bits per heavy atom. The van der Waals surface area contributed by atoms with Gasteiger partial charge in [-0.1, -0.05) is 18.2 Å². The van der Waals surface area contributed by atoms with E-state index in [9.17, 15) is 20.1 Å². The fourth-order valence-electron chi connectivity index (χ4n) is 1.81. The number of benzene rings is 2. The van der Waals surface area contributed by atoms with Crippen LogP contribution in [0.5, 0.6) is 17.2 Å². The SMILES string of the molecule is O=C(/C=C/c1ccc(O)c(O)c1)OCC(O)c1ccc(O)cc1. The first-order valence-corrected chi connectivity index (χ1v) is 6.79. The number of hydrogen-bond acceptors (Lipinski definition) is 6. The third-order valence-corrected chi connectivity index (χ3v) is 3.07. The molecule has 0 aliphatic carbocycles. The Bertz CT molecular complexity index is 706. The molecule has 1 atom stereocenters. The average molecular weight is 316 g/mol. The highest BCUT2D eigenvalue weighted by atomic mass is 16.5. The highest BCUT2D eigenvalue weighted by molar-refractivity contribution is 5.87. The molecule has 0 radical (unpaired) electrons. The second-order valence-electron chi connectivity index (χ2n) is 4.82. The first-order chi connectivity index (χ1) is 11.0. The third-order valence-electron chi connectivity index (χ3n) is 3.07. The van der Waals surface area contributed by atoms with Crippen LogP contribution in [0.25, 0.3) is 6.08 Å². The van der Waals surface area contributed by atoms with Gasteiger partial charge in [0.15, 0.2) is 11.5 Å². The fraction of sp³-hybridized carbons (Fsp3) is 0.118. The zero-order chi connectivity index (χ0) is 16.8. The minimum atomic E-state index is -0.995. The molecule has 2 aromatic carbocycles. The van der Waals surface area contributed by atoms with Crippen molar-refractivity contribution in [1.82, 2.24) is 0 Å². The molecule has 0 fully saturated rings. The second-order valence-corrected chi connectivity index (χ2v) is 4.82. The molecule has 4 N–H and O–H groups in total. The molecular weight excluding hydrogens is 300 g/mol. The molecule has 0 bridgehead atoms. The molecule has 0 spiro atoms. The molecular formula is C17H16O6. The summed E-state index contributed by atoms with van der Waals surface area (Å²) in [6.07, 6.45) is 1.56. The maximum atomic E-state index is 11.6. The lowest BCUT2D eigenvalue weighted by atomic mass is 10.1. The lowest BCUT2D eigenvalue weighted by Gasteiger charge is -2.10. The number of ether oxygens (including phenoxy) is 1. The Hall–Kier alpha value is -2.99. The molecule has 2 rings (SSSR count).